The molecule has 47 heavy (non-hydrogen) atoms. The van der Waals surface area contributed by atoms with Crippen molar-refractivity contribution in [3.63, 3.8) is 0 Å². The number of ketones is 2. The molecule has 6 nitrogen and oxygen atoms in total. The van der Waals surface area contributed by atoms with E-state index in [0.29, 0.717) is 38.9 Å². The predicted octanol–water partition coefficient (Wildman–Crippen LogP) is 7.22. The molecule has 1 heterocycles. The molecule has 4 atom stereocenters. The predicted molar refractivity (Wildman–Crippen MR) is 156 cm³/mol. The Kier molecular flexibility index (Phi) is 6.68. The number of rotatable bonds is 2. The van der Waals surface area contributed by atoms with Crippen molar-refractivity contribution in [2.24, 2.45) is 17.8 Å². The molecule has 3 aromatic carbocycles. The third-order valence-corrected chi connectivity index (χ3v) is 9.64. The Labute approximate surface area is 262 Å². The summed E-state index contributed by atoms with van der Waals surface area (Å²) >= 11 is 0. The quantitative estimate of drug-likeness (QED) is 0.137. The zero-order valence-corrected chi connectivity index (χ0v) is 24.4. The molecule has 3 aromatic rings. The van der Waals surface area contributed by atoms with Crippen molar-refractivity contribution < 1.29 is 50.6 Å². The third kappa shape index (κ3) is 4.63. The van der Waals surface area contributed by atoms with E-state index in [0.717, 1.165) is 0 Å². The highest BCUT2D eigenvalue weighted by Gasteiger charge is 2.57. The number of imide groups is 1. The van der Waals surface area contributed by atoms with Gasteiger partial charge in [0.25, 0.3) is 0 Å². The number of carbonyl (C=O) groups is 4. The van der Waals surface area contributed by atoms with Crippen molar-refractivity contribution in [3.05, 3.63) is 106 Å². The number of phenols is 1. The van der Waals surface area contributed by atoms with Crippen LogP contribution in [0.1, 0.15) is 42.4 Å². The molecule has 4 aliphatic rings. The van der Waals surface area contributed by atoms with Gasteiger partial charge in [0, 0.05) is 28.0 Å². The highest BCUT2D eigenvalue weighted by Crippen LogP contribution is 2.56. The second-order valence-corrected chi connectivity index (χ2v) is 12.2. The molecule has 0 radical (unpaired) electrons. The lowest BCUT2D eigenvalue weighted by Gasteiger charge is -2.42. The number of hydrogen-bond donors (Lipinski definition) is 1. The SMILES string of the molecule is CC1=CC(=O)C2=C(C1=O)[C@@H](c1ccc(O)c3ccccc13)C1=CC[C@@H]3C(=O)N(c4cc(C(F)(F)F)cc(C(F)(F)F)c4)C(=O)[C@@H]3[C@@H]1C2. The lowest BCUT2D eigenvalue weighted by Crippen LogP contribution is -2.40. The Morgan fingerprint density at radius 3 is 2.09 bits per heavy atom. The number of carbonyl (C=O) groups excluding carboxylic acids is 4. The maximum atomic E-state index is 14.1. The molecule has 2 amide bonds. The van der Waals surface area contributed by atoms with Crippen LogP contribution in [0, 0.1) is 17.8 Å². The molecule has 7 rings (SSSR count). The monoisotopic (exact) mass is 651 g/mol. The van der Waals surface area contributed by atoms with Gasteiger partial charge in [-0.1, -0.05) is 42.0 Å². The number of benzene rings is 3. The number of hydrogen-bond acceptors (Lipinski definition) is 5. The van der Waals surface area contributed by atoms with Crippen molar-refractivity contribution >= 4 is 39.8 Å². The van der Waals surface area contributed by atoms with E-state index in [1.54, 1.807) is 36.4 Å². The van der Waals surface area contributed by atoms with E-state index in [1.165, 1.54) is 19.1 Å². The molecule has 1 saturated heterocycles. The van der Waals surface area contributed by atoms with Crippen LogP contribution >= 0.6 is 0 Å². The molecule has 1 N–H and O–H groups in total. The van der Waals surface area contributed by atoms with Crippen molar-refractivity contribution in [3.8, 4) is 5.75 Å². The number of allylic oxidation sites excluding steroid dienone is 6. The van der Waals surface area contributed by atoms with E-state index >= 15 is 0 Å². The minimum atomic E-state index is -5.20. The van der Waals surface area contributed by atoms with Gasteiger partial charge in [0.2, 0.25) is 11.8 Å². The largest absolute Gasteiger partial charge is 0.507 e. The maximum absolute atomic E-state index is 14.1. The average molecular weight is 652 g/mol. The van der Waals surface area contributed by atoms with E-state index in [9.17, 15) is 50.6 Å². The third-order valence-electron chi connectivity index (χ3n) is 9.64. The van der Waals surface area contributed by atoms with E-state index in [2.05, 4.69) is 0 Å². The first-order chi connectivity index (χ1) is 22.1. The van der Waals surface area contributed by atoms with Crippen LogP contribution in [0.25, 0.3) is 10.8 Å². The smallest absolute Gasteiger partial charge is 0.416 e. The van der Waals surface area contributed by atoms with Crippen molar-refractivity contribution in [2.75, 3.05) is 4.90 Å². The first kappa shape index (κ1) is 30.6. The van der Waals surface area contributed by atoms with Crippen LogP contribution in [-0.4, -0.2) is 28.5 Å². The van der Waals surface area contributed by atoms with Gasteiger partial charge in [-0.15, -0.1) is 0 Å². The van der Waals surface area contributed by atoms with Gasteiger partial charge in [-0.2, -0.15) is 26.3 Å². The van der Waals surface area contributed by atoms with E-state index in [-0.39, 0.29) is 47.2 Å². The van der Waals surface area contributed by atoms with Gasteiger partial charge < -0.3 is 5.11 Å². The summed E-state index contributed by atoms with van der Waals surface area (Å²) in [7, 11) is 0. The number of halogens is 6. The van der Waals surface area contributed by atoms with Crippen molar-refractivity contribution in [1.29, 1.82) is 0 Å². The maximum Gasteiger partial charge on any atom is 0.416 e. The summed E-state index contributed by atoms with van der Waals surface area (Å²) in [5.41, 5.74) is -2.56. The highest BCUT2D eigenvalue weighted by atomic mass is 19.4. The van der Waals surface area contributed by atoms with Crippen molar-refractivity contribution in [2.45, 2.75) is 38.0 Å². The van der Waals surface area contributed by atoms with Crippen LogP contribution in [0.2, 0.25) is 0 Å². The molecule has 0 aromatic heterocycles. The number of fused-ring (bicyclic) bond motifs is 4. The molecule has 12 heteroatoms. The number of aromatic hydroxyl groups is 1. The number of phenolic OH excluding ortho intramolecular Hbond substituents is 1. The van der Waals surface area contributed by atoms with Crippen molar-refractivity contribution in [1.82, 2.24) is 0 Å². The standard InChI is InChI=1S/C35H23F6NO5/c1-15-10-27(44)25-14-24-22(28(30(25)31(15)45)21-8-9-26(43)20-5-3-2-4-19(20)21)6-7-23-29(24)33(47)42(32(23)46)18-12-16(34(36,37)38)11-17(13-18)35(39,40)41/h2-6,8-13,23-24,28-29,43H,7,14H2,1H3/t23-,24+,28-,29-/m0/s1. The van der Waals surface area contributed by atoms with Gasteiger partial charge in [-0.3, -0.25) is 19.2 Å². The molecular weight excluding hydrogens is 628 g/mol. The number of anilines is 1. The summed E-state index contributed by atoms with van der Waals surface area (Å²) < 4.78 is 82.1. The van der Waals surface area contributed by atoms with Gasteiger partial charge in [0.1, 0.15) is 5.75 Å². The average Bonchev–Trinajstić information content (AvgIpc) is 3.27. The molecule has 240 valence electrons. The summed E-state index contributed by atoms with van der Waals surface area (Å²) in [6.07, 6.45) is -7.72. The number of Topliss-reactive ketones (excluding diaryl/α,β-unsaturated/α-hetero) is 1. The molecule has 3 aliphatic carbocycles. The number of amides is 2. The molecule has 0 unspecified atom stereocenters. The number of alkyl halides is 6. The van der Waals surface area contributed by atoms with Crippen LogP contribution in [0.5, 0.6) is 5.75 Å². The molecular formula is C35H23F6NO5. The highest BCUT2D eigenvalue weighted by molar-refractivity contribution is 6.25. The van der Waals surface area contributed by atoms with Gasteiger partial charge in [0.15, 0.2) is 11.6 Å². The summed E-state index contributed by atoms with van der Waals surface area (Å²) in [6.45, 7) is 1.51. The zero-order valence-electron chi connectivity index (χ0n) is 24.4. The van der Waals surface area contributed by atoms with Gasteiger partial charge in [-0.05, 0) is 67.0 Å². The van der Waals surface area contributed by atoms with Gasteiger partial charge in [-0.25, -0.2) is 4.90 Å². The Bertz CT molecular complexity index is 2020. The topological polar surface area (TPSA) is 91.8 Å². The molecule has 1 aliphatic heterocycles. The fourth-order valence-corrected chi connectivity index (χ4v) is 7.60. The van der Waals surface area contributed by atoms with Crippen LogP contribution in [0.15, 0.2) is 89.0 Å². The minimum Gasteiger partial charge on any atom is -0.507 e. The second-order valence-electron chi connectivity index (χ2n) is 12.2. The van der Waals surface area contributed by atoms with E-state index in [1.807, 2.05) is 0 Å². The zero-order chi connectivity index (χ0) is 33.7. The normalized spacial score (nSPS) is 24.7. The molecule has 0 spiro atoms. The lowest BCUT2D eigenvalue weighted by molar-refractivity contribution is -0.143. The second kappa shape index (κ2) is 10.2. The van der Waals surface area contributed by atoms with Crippen LogP contribution in [0.3, 0.4) is 0 Å². The minimum absolute atomic E-state index is 0.0303. The Hall–Kier alpha value is -5.00. The Morgan fingerprint density at radius 2 is 1.45 bits per heavy atom. The first-order valence-corrected chi connectivity index (χ1v) is 14.7. The summed E-state index contributed by atoms with van der Waals surface area (Å²) in [5, 5.41) is 11.6. The fourth-order valence-electron chi connectivity index (χ4n) is 7.60. The molecule has 0 saturated carbocycles. The Balaban J connectivity index is 1.38. The van der Waals surface area contributed by atoms with Crippen LogP contribution in [0.4, 0.5) is 32.0 Å². The van der Waals surface area contributed by atoms with Crippen LogP contribution in [-0.2, 0) is 31.5 Å². The lowest BCUT2D eigenvalue weighted by atomic mass is 9.59. The van der Waals surface area contributed by atoms with Gasteiger partial charge >= 0.3 is 12.4 Å². The van der Waals surface area contributed by atoms with Crippen LogP contribution < -0.4 is 4.90 Å². The number of nitrogens with zero attached hydrogens (tertiary/aromatic N) is 1. The fraction of sp³-hybridized carbons (Fsp3) is 0.257. The molecule has 0 bridgehead atoms. The summed E-state index contributed by atoms with van der Waals surface area (Å²) in [5.74, 6) is -6.90. The van der Waals surface area contributed by atoms with E-state index < -0.39 is 70.4 Å². The Morgan fingerprint density at radius 1 is 0.809 bits per heavy atom. The van der Waals surface area contributed by atoms with Gasteiger partial charge in [0.05, 0.1) is 28.7 Å². The summed E-state index contributed by atoms with van der Waals surface area (Å²) in [6, 6.07) is 10.5. The first-order valence-electron chi connectivity index (χ1n) is 14.7. The summed E-state index contributed by atoms with van der Waals surface area (Å²) in [4.78, 5) is 55.3. The molecule has 1 fully saturated rings. The van der Waals surface area contributed by atoms with E-state index in [4.69, 9.17) is 0 Å².